The molecule has 8 heteroatoms. The Balaban J connectivity index is 1.21. The second-order valence-electron chi connectivity index (χ2n) is 10.3. The number of nitrogens with two attached hydrogens (primary N) is 1. The van der Waals surface area contributed by atoms with Crippen molar-refractivity contribution in [3.8, 4) is 17.0 Å². The van der Waals surface area contributed by atoms with Gasteiger partial charge in [0.15, 0.2) is 0 Å². The molecule has 39 heavy (non-hydrogen) atoms. The van der Waals surface area contributed by atoms with E-state index in [2.05, 4.69) is 22.0 Å². The minimum atomic E-state index is -0.580. The lowest BCUT2D eigenvalue weighted by Gasteiger charge is -2.23. The molecule has 1 saturated heterocycles. The van der Waals surface area contributed by atoms with Crippen LogP contribution in [0.4, 0.5) is 20.6 Å². The van der Waals surface area contributed by atoms with Gasteiger partial charge in [0.2, 0.25) is 0 Å². The lowest BCUT2D eigenvalue weighted by atomic mass is 10.1. The van der Waals surface area contributed by atoms with Crippen molar-refractivity contribution < 1.29 is 23.4 Å². The number of hydrogen-bond donors (Lipinski definition) is 2. The highest BCUT2D eigenvalue weighted by molar-refractivity contribution is 6.02. The molecule has 202 valence electrons. The van der Waals surface area contributed by atoms with Crippen molar-refractivity contribution >= 4 is 28.4 Å². The summed E-state index contributed by atoms with van der Waals surface area (Å²) in [7, 11) is 0. The molecule has 2 heterocycles. The number of carbonyl (C=O) groups excluding carboxylic acids is 1. The summed E-state index contributed by atoms with van der Waals surface area (Å²) in [5.74, 6) is 0.522. The van der Waals surface area contributed by atoms with Crippen LogP contribution in [0.2, 0.25) is 0 Å². The fraction of sp³-hybridized carbons (Fsp3) is 0.323. The molecule has 0 spiro atoms. The van der Waals surface area contributed by atoms with Crippen LogP contribution in [-0.2, 0) is 9.47 Å². The van der Waals surface area contributed by atoms with Crippen molar-refractivity contribution in [2.24, 2.45) is 0 Å². The Hall–Kier alpha value is -4.04. The molecule has 7 nitrogen and oxygen atoms in total. The maximum Gasteiger partial charge on any atom is 0.412 e. The van der Waals surface area contributed by atoms with E-state index >= 15 is 0 Å². The first-order valence-electron chi connectivity index (χ1n) is 13.5. The summed E-state index contributed by atoms with van der Waals surface area (Å²) in [6, 6.07) is 20.1. The van der Waals surface area contributed by atoms with Gasteiger partial charge in [0.25, 0.3) is 0 Å². The third kappa shape index (κ3) is 5.43. The number of carbonyl (C=O) groups is 1. The molecule has 1 saturated carbocycles. The second-order valence-corrected chi connectivity index (χ2v) is 10.3. The number of amides is 1. The van der Waals surface area contributed by atoms with Crippen LogP contribution in [0.25, 0.3) is 22.2 Å². The number of hydrogen-bond acceptors (Lipinski definition) is 5. The minimum Gasteiger partial charge on any atom is -0.490 e. The zero-order valence-corrected chi connectivity index (χ0v) is 21.9. The maximum atomic E-state index is 13.2. The van der Waals surface area contributed by atoms with Gasteiger partial charge < -0.3 is 24.5 Å². The summed E-state index contributed by atoms with van der Waals surface area (Å²) in [6.45, 7) is 3.21. The van der Waals surface area contributed by atoms with Crippen molar-refractivity contribution in [3.05, 3.63) is 78.1 Å². The molecule has 2 fully saturated rings. The average Bonchev–Trinajstić information content (AvgIpc) is 3.74. The van der Waals surface area contributed by atoms with Crippen molar-refractivity contribution in [3.63, 3.8) is 0 Å². The van der Waals surface area contributed by atoms with E-state index in [1.807, 2.05) is 30.3 Å². The van der Waals surface area contributed by atoms with Crippen molar-refractivity contribution in [2.45, 2.75) is 50.9 Å². The molecule has 1 aliphatic carbocycles. The molecule has 3 N–H and O–H groups in total. The number of halogens is 1. The number of nitrogens with zero attached hydrogens (tertiary/aromatic N) is 1. The molecular formula is C31H32FN3O4. The molecule has 1 atom stereocenters. The number of anilines is 2. The maximum absolute atomic E-state index is 13.2. The van der Waals surface area contributed by atoms with Crippen LogP contribution in [0.1, 0.15) is 50.3 Å². The summed E-state index contributed by atoms with van der Waals surface area (Å²) >= 11 is 0. The largest absolute Gasteiger partial charge is 0.490 e. The zero-order valence-electron chi connectivity index (χ0n) is 21.9. The number of fused-ring (bicyclic) bond motifs is 1. The number of benzene rings is 3. The smallest absolute Gasteiger partial charge is 0.412 e. The second kappa shape index (κ2) is 10.6. The number of aromatic nitrogens is 1. The highest BCUT2D eigenvalue weighted by Crippen LogP contribution is 2.47. The molecule has 0 unspecified atom stereocenters. The first-order valence-corrected chi connectivity index (χ1v) is 13.5. The summed E-state index contributed by atoms with van der Waals surface area (Å²) < 4.78 is 32.7. The Morgan fingerprint density at radius 1 is 1.03 bits per heavy atom. The predicted molar refractivity (Wildman–Crippen MR) is 149 cm³/mol. The summed E-state index contributed by atoms with van der Waals surface area (Å²) in [5.41, 5.74) is 11.8. The molecular weight excluding hydrogens is 497 g/mol. The van der Waals surface area contributed by atoms with Gasteiger partial charge in [0.05, 0.1) is 30.1 Å². The van der Waals surface area contributed by atoms with E-state index in [9.17, 15) is 9.18 Å². The van der Waals surface area contributed by atoms with Gasteiger partial charge >= 0.3 is 6.09 Å². The quantitative estimate of drug-likeness (QED) is 0.264. The van der Waals surface area contributed by atoms with Gasteiger partial charge in [-0.1, -0.05) is 24.3 Å². The van der Waals surface area contributed by atoms with Gasteiger partial charge in [-0.3, -0.25) is 5.32 Å². The monoisotopic (exact) mass is 529 g/mol. The van der Waals surface area contributed by atoms with E-state index in [-0.39, 0.29) is 11.9 Å². The first kappa shape index (κ1) is 25.2. The third-order valence-corrected chi connectivity index (χ3v) is 7.43. The fourth-order valence-corrected chi connectivity index (χ4v) is 5.20. The lowest BCUT2D eigenvalue weighted by molar-refractivity contribution is 0.0256. The molecule has 1 aliphatic heterocycles. The predicted octanol–water partition coefficient (Wildman–Crippen LogP) is 7.23. The highest BCUT2D eigenvalue weighted by atomic mass is 19.1. The van der Waals surface area contributed by atoms with E-state index < -0.39 is 12.2 Å². The zero-order chi connectivity index (χ0) is 26.9. The van der Waals surface area contributed by atoms with E-state index in [0.29, 0.717) is 17.3 Å². The normalized spacial score (nSPS) is 16.7. The van der Waals surface area contributed by atoms with E-state index in [4.69, 9.17) is 19.9 Å². The molecule has 1 aromatic heterocycles. The van der Waals surface area contributed by atoms with Crippen LogP contribution in [0.15, 0.2) is 66.7 Å². The third-order valence-electron chi connectivity index (χ3n) is 7.43. The van der Waals surface area contributed by atoms with E-state index in [1.165, 1.54) is 12.1 Å². The highest BCUT2D eigenvalue weighted by Gasteiger charge is 2.30. The van der Waals surface area contributed by atoms with Gasteiger partial charge in [-0.05, 0) is 61.7 Å². The Morgan fingerprint density at radius 3 is 2.44 bits per heavy atom. The van der Waals surface area contributed by atoms with Crippen LogP contribution >= 0.6 is 0 Å². The van der Waals surface area contributed by atoms with Gasteiger partial charge in [-0.25, -0.2) is 9.18 Å². The molecule has 1 amide bonds. The van der Waals surface area contributed by atoms with Crippen LogP contribution in [0.5, 0.6) is 5.75 Å². The summed E-state index contributed by atoms with van der Waals surface area (Å²) in [6.07, 6.45) is 3.09. The minimum absolute atomic E-state index is 0.169. The Bertz CT molecular complexity index is 1470. The molecule has 2 aliphatic rings. The van der Waals surface area contributed by atoms with Crippen LogP contribution in [0.3, 0.4) is 0 Å². The standard InChI is InChI=1S/C31H32FN3O4/c1-19(20-2-6-22(32)7-3-20)38-31(36)34-23-8-4-21(5-9-23)30-29(33)27-13-12-26(39-25-14-16-37-17-15-25)18-28(27)35(30)24-10-11-24/h2-9,12-13,18-19,24-25H,10-11,14-17,33H2,1H3,(H,34,36)/t19-/m1/s1. The molecule has 3 aromatic carbocycles. The molecule has 6 rings (SSSR count). The summed E-state index contributed by atoms with van der Waals surface area (Å²) in [5, 5.41) is 3.78. The number of rotatable bonds is 7. The van der Waals surface area contributed by atoms with E-state index in [1.54, 1.807) is 19.1 Å². The Morgan fingerprint density at radius 2 is 1.74 bits per heavy atom. The van der Waals surface area contributed by atoms with Crippen molar-refractivity contribution in [1.82, 2.24) is 4.57 Å². The molecule has 0 radical (unpaired) electrons. The van der Waals surface area contributed by atoms with E-state index in [0.717, 1.165) is 72.5 Å². The van der Waals surface area contributed by atoms with Crippen molar-refractivity contribution in [2.75, 3.05) is 24.3 Å². The van der Waals surface area contributed by atoms with Gasteiger partial charge in [0, 0.05) is 41.6 Å². The van der Waals surface area contributed by atoms with Gasteiger partial charge in [0.1, 0.15) is 23.8 Å². The van der Waals surface area contributed by atoms with Crippen LogP contribution in [-0.4, -0.2) is 30.0 Å². The van der Waals surface area contributed by atoms with Crippen molar-refractivity contribution in [1.29, 1.82) is 0 Å². The Kier molecular flexibility index (Phi) is 6.87. The molecule has 4 aromatic rings. The van der Waals surface area contributed by atoms with Crippen LogP contribution < -0.4 is 15.8 Å². The lowest BCUT2D eigenvalue weighted by Crippen LogP contribution is -2.25. The molecule has 0 bridgehead atoms. The fourth-order valence-electron chi connectivity index (χ4n) is 5.20. The van der Waals surface area contributed by atoms with Crippen LogP contribution in [0, 0.1) is 5.82 Å². The number of nitrogens with one attached hydrogen (secondary N) is 1. The number of ether oxygens (including phenoxy) is 3. The number of nitrogen functional groups attached to an aromatic ring is 1. The van der Waals surface area contributed by atoms with Gasteiger partial charge in [-0.2, -0.15) is 0 Å². The Labute approximate surface area is 226 Å². The average molecular weight is 530 g/mol. The SMILES string of the molecule is C[C@@H](OC(=O)Nc1ccc(-c2c(N)c3ccc(OC4CCOCC4)cc3n2C2CC2)cc1)c1ccc(F)cc1. The topological polar surface area (TPSA) is 87.7 Å². The summed E-state index contributed by atoms with van der Waals surface area (Å²) in [4.78, 5) is 12.5. The van der Waals surface area contributed by atoms with Gasteiger partial charge in [-0.15, -0.1) is 0 Å². The first-order chi connectivity index (χ1) is 19.0.